The highest BCUT2D eigenvalue weighted by Gasteiger charge is 2.24. The maximum absolute atomic E-state index is 9.95. The number of hydrogen-bond acceptors (Lipinski definition) is 4. The predicted octanol–water partition coefficient (Wildman–Crippen LogP) is 2.86. The Morgan fingerprint density at radius 3 is 2.56 bits per heavy atom. The molecule has 0 spiro atoms. The Kier molecular flexibility index (Phi) is 2.83. The maximum atomic E-state index is 9.95. The normalized spacial score (nSPS) is 24.7. The van der Waals surface area contributed by atoms with Crippen LogP contribution in [-0.2, 0) is 0 Å². The SMILES string of the molecule is OC1=CCC(O)(N=Nc2ccccc2)C=C1. The third-order valence-corrected chi connectivity index (χ3v) is 2.23. The molecule has 1 aliphatic carbocycles. The zero-order valence-corrected chi connectivity index (χ0v) is 8.61. The average Bonchev–Trinajstić information content (AvgIpc) is 2.33. The Labute approximate surface area is 93.3 Å². The first-order valence-corrected chi connectivity index (χ1v) is 4.97. The fourth-order valence-corrected chi connectivity index (χ4v) is 1.32. The Balaban J connectivity index is 2.11. The molecule has 0 aliphatic heterocycles. The molecule has 1 atom stereocenters. The summed E-state index contributed by atoms with van der Waals surface area (Å²) in [5.41, 5.74) is -0.662. The van der Waals surface area contributed by atoms with Gasteiger partial charge in [0.15, 0.2) is 5.72 Å². The van der Waals surface area contributed by atoms with E-state index in [9.17, 15) is 5.11 Å². The zero-order chi connectivity index (χ0) is 11.4. The highest BCUT2D eigenvalue weighted by molar-refractivity contribution is 5.35. The molecule has 0 saturated carbocycles. The van der Waals surface area contributed by atoms with Crippen molar-refractivity contribution in [3.8, 4) is 0 Å². The Morgan fingerprint density at radius 2 is 1.94 bits per heavy atom. The van der Waals surface area contributed by atoms with E-state index in [1.54, 1.807) is 12.1 Å². The molecule has 0 fully saturated rings. The largest absolute Gasteiger partial charge is 0.508 e. The van der Waals surface area contributed by atoms with Crippen molar-refractivity contribution in [3.05, 3.63) is 54.3 Å². The lowest BCUT2D eigenvalue weighted by Crippen LogP contribution is -2.23. The Hall–Kier alpha value is -1.94. The van der Waals surface area contributed by atoms with Crippen molar-refractivity contribution in [2.24, 2.45) is 10.2 Å². The third kappa shape index (κ3) is 2.55. The zero-order valence-electron chi connectivity index (χ0n) is 8.61. The first-order chi connectivity index (χ1) is 7.68. The number of rotatable bonds is 2. The molecule has 0 radical (unpaired) electrons. The molecule has 1 aromatic carbocycles. The summed E-state index contributed by atoms with van der Waals surface area (Å²) in [6.07, 6.45) is 4.57. The summed E-state index contributed by atoms with van der Waals surface area (Å²) in [5.74, 6) is 0.139. The summed E-state index contributed by atoms with van der Waals surface area (Å²) in [6, 6.07) is 9.18. The van der Waals surface area contributed by atoms with Crippen LogP contribution in [0.15, 0.2) is 64.5 Å². The van der Waals surface area contributed by atoms with Crippen LogP contribution in [0.3, 0.4) is 0 Å². The monoisotopic (exact) mass is 216 g/mol. The van der Waals surface area contributed by atoms with Gasteiger partial charge in [-0.05, 0) is 30.4 Å². The molecule has 4 heteroatoms. The van der Waals surface area contributed by atoms with Gasteiger partial charge in [0.2, 0.25) is 0 Å². The molecular formula is C12H12N2O2. The van der Waals surface area contributed by atoms with Crippen LogP contribution in [0.25, 0.3) is 0 Å². The Morgan fingerprint density at radius 1 is 1.19 bits per heavy atom. The van der Waals surface area contributed by atoms with Crippen molar-refractivity contribution < 1.29 is 10.2 Å². The fraction of sp³-hybridized carbons (Fsp3) is 0.167. The average molecular weight is 216 g/mol. The number of azo groups is 1. The first-order valence-electron chi connectivity index (χ1n) is 4.97. The standard InChI is InChI=1S/C12H12N2O2/c15-11-6-8-12(16,9-7-11)14-13-10-4-2-1-3-5-10/h1-8,15-16H,9H2. The van der Waals surface area contributed by atoms with Crippen LogP contribution in [0.4, 0.5) is 5.69 Å². The number of benzene rings is 1. The van der Waals surface area contributed by atoms with Crippen molar-refractivity contribution in [2.75, 3.05) is 0 Å². The van der Waals surface area contributed by atoms with Crippen molar-refractivity contribution >= 4 is 5.69 Å². The minimum absolute atomic E-state index is 0.139. The summed E-state index contributed by atoms with van der Waals surface area (Å²) in [6.45, 7) is 0. The summed E-state index contributed by atoms with van der Waals surface area (Å²) < 4.78 is 0. The molecule has 0 aromatic heterocycles. The van der Waals surface area contributed by atoms with E-state index in [0.29, 0.717) is 5.69 Å². The van der Waals surface area contributed by atoms with Gasteiger partial charge in [0, 0.05) is 6.42 Å². The van der Waals surface area contributed by atoms with E-state index in [1.165, 1.54) is 18.2 Å². The van der Waals surface area contributed by atoms with E-state index in [1.807, 2.05) is 18.2 Å². The molecule has 0 saturated heterocycles. The van der Waals surface area contributed by atoms with E-state index in [4.69, 9.17) is 5.11 Å². The van der Waals surface area contributed by atoms with E-state index in [-0.39, 0.29) is 12.2 Å². The molecule has 0 amide bonds. The van der Waals surface area contributed by atoms with Crippen LogP contribution in [0.5, 0.6) is 0 Å². The minimum Gasteiger partial charge on any atom is -0.508 e. The predicted molar refractivity (Wildman–Crippen MR) is 60.4 cm³/mol. The molecular weight excluding hydrogens is 204 g/mol. The van der Waals surface area contributed by atoms with E-state index in [0.717, 1.165) is 0 Å². The molecule has 82 valence electrons. The second kappa shape index (κ2) is 4.28. The minimum atomic E-state index is -1.35. The van der Waals surface area contributed by atoms with E-state index in [2.05, 4.69) is 10.2 Å². The number of allylic oxidation sites excluding steroid dienone is 1. The van der Waals surface area contributed by atoms with Gasteiger partial charge in [-0.2, -0.15) is 5.11 Å². The van der Waals surface area contributed by atoms with E-state index >= 15 is 0 Å². The van der Waals surface area contributed by atoms with Crippen LogP contribution >= 0.6 is 0 Å². The number of nitrogens with zero attached hydrogens (tertiary/aromatic N) is 2. The third-order valence-electron chi connectivity index (χ3n) is 2.23. The van der Waals surface area contributed by atoms with Crippen molar-refractivity contribution in [1.82, 2.24) is 0 Å². The van der Waals surface area contributed by atoms with Crippen LogP contribution in [0.2, 0.25) is 0 Å². The molecule has 2 rings (SSSR count). The van der Waals surface area contributed by atoms with Gasteiger partial charge < -0.3 is 10.2 Å². The molecule has 4 nitrogen and oxygen atoms in total. The lowest BCUT2D eigenvalue weighted by molar-refractivity contribution is 0.0933. The quantitative estimate of drug-likeness (QED) is 0.746. The maximum Gasteiger partial charge on any atom is 0.199 e. The van der Waals surface area contributed by atoms with Gasteiger partial charge in [-0.3, -0.25) is 0 Å². The van der Waals surface area contributed by atoms with Crippen molar-refractivity contribution in [1.29, 1.82) is 0 Å². The van der Waals surface area contributed by atoms with Gasteiger partial charge >= 0.3 is 0 Å². The smallest absolute Gasteiger partial charge is 0.199 e. The second-order valence-corrected chi connectivity index (χ2v) is 3.58. The fourth-order valence-electron chi connectivity index (χ4n) is 1.32. The molecule has 2 N–H and O–H groups in total. The molecule has 1 aliphatic rings. The number of aliphatic hydroxyl groups is 2. The van der Waals surface area contributed by atoms with Crippen molar-refractivity contribution in [3.63, 3.8) is 0 Å². The number of hydrogen-bond donors (Lipinski definition) is 2. The van der Waals surface area contributed by atoms with Gasteiger partial charge in [0.05, 0.1) is 5.69 Å². The van der Waals surface area contributed by atoms with Gasteiger partial charge in [0.1, 0.15) is 5.76 Å². The molecule has 0 bridgehead atoms. The van der Waals surface area contributed by atoms with Gasteiger partial charge in [-0.25, -0.2) is 0 Å². The molecule has 0 heterocycles. The van der Waals surface area contributed by atoms with Gasteiger partial charge in [-0.1, -0.05) is 18.2 Å². The van der Waals surface area contributed by atoms with Gasteiger partial charge in [-0.15, -0.1) is 5.11 Å². The van der Waals surface area contributed by atoms with E-state index < -0.39 is 5.72 Å². The van der Waals surface area contributed by atoms with Crippen LogP contribution in [-0.4, -0.2) is 15.9 Å². The van der Waals surface area contributed by atoms with Gasteiger partial charge in [0.25, 0.3) is 0 Å². The van der Waals surface area contributed by atoms with Crippen LogP contribution in [0.1, 0.15) is 6.42 Å². The first kappa shape index (κ1) is 10.6. The van der Waals surface area contributed by atoms with Crippen LogP contribution < -0.4 is 0 Å². The summed E-state index contributed by atoms with van der Waals surface area (Å²) >= 11 is 0. The highest BCUT2D eigenvalue weighted by Crippen LogP contribution is 2.23. The Bertz CT molecular complexity index is 451. The van der Waals surface area contributed by atoms with Crippen LogP contribution in [0, 0.1) is 0 Å². The second-order valence-electron chi connectivity index (χ2n) is 3.58. The molecule has 16 heavy (non-hydrogen) atoms. The lowest BCUT2D eigenvalue weighted by Gasteiger charge is -2.18. The highest BCUT2D eigenvalue weighted by atomic mass is 16.3. The summed E-state index contributed by atoms with van der Waals surface area (Å²) in [5, 5.41) is 26.9. The van der Waals surface area contributed by atoms with Crippen molar-refractivity contribution in [2.45, 2.75) is 12.1 Å². The molecule has 1 unspecified atom stereocenters. The summed E-state index contributed by atoms with van der Waals surface area (Å²) in [7, 11) is 0. The topological polar surface area (TPSA) is 65.2 Å². The lowest BCUT2D eigenvalue weighted by atomic mass is 10.1. The molecule has 1 aromatic rings. The number of aliphatic hydroxyl groups excluding tert-OH is 1. The summed E-state index contributed by atoms with van der Waals surface area (Å²) in [4.78, 5) is 0.